The van der Waals surface area contributed by atoms with Gasteiger partial charge < -0.3 is 15.2 Å². The number of nitrogen functional groups attached to an aromatic ring is 1. The molecule has 2 aromatic heterocycles. The zero-order valence-electron chi connectivity index (χ0n) is 8.79. The van der Waals surface area contributed by atoms with Crippen LogP contribution in [0.25, 0.3) is 12.2 Å². The number of fused-ring (bicyclic) bond motifs is 1. The molecule has 0 spiro atoms. The number of thiazole rings is 1. The molecule has 2 N–H and O–H groups in total. The Labute approximate surface area is 102 Å². The smallest absolute Gasteiger partial charge is 0.260 e. The van der Waals surface area contributed by atoms with Crippen molar-refractivity contribution in [2.75, 3.05) is 12.5 Å². The van der Waals surface area contributed by atoms with Crippen LogP contribution in [-0.4, -0.2) is 16.8 Å². The zero-order valence-corrected chi connectivity index (χ0v) is 9.61. The Kier molecular flexibility index (Phi) is 2.41. The van der Waals surface area contributed by atoms with E-state index in [1.54, 1.807) is 6.20 Å². The van der Waals surface area contributed by atoms with Gasteiger partial charge in [0, 0.05) is 11.6 Å². The van der Waals surface area contributed by atoms with E-state index in [0.29, 0.717) is 16.8 Å². The molecule has 0 radical (unpaired) electrons. The number of nitrogens with two attached hydrogens (primary N) is 1. The summed E-state index contributed by atoms with van der Waals surface area (Å²) in [5.74, 6) is 1.21. The van der Waals surface area contributed by atoms with Gasteiger partial charge in [-0.2, -0.15) is 0 Å². The first-order chi connectivity index (χ1) is 8.31. The lowest BCUT2D eigenvalue weighted by molar-refractivity contribution is 0.171. The highest BCUT2D eigenvalue weighted by Crippen LogP contribution is 2.30. The fraction of sp³-hybridized carbons (Fsp3) is 0.0909. The number of aromatic nitrogens is 2. The second-order valence-corrected chi connectivity index (χ2v) is 4.31. The van der Waals surface area contributed by atoms with Gasteiger partial charge in [-0.25, -0.2) is 9.97 Å². The van der Waals surface area contributed by atoms with Crippen molar-refractivity contribution in [2.45, 2.75) is 0 Å². The van der Waals surface area contributed by atoms with Crippen LogP contribution in [0.2, 0.25) is 0 Å². The molecule has 0 bridgehead atoms. The Morgan fingerprint density at radius 2 is 2.29 bits per heavy atom. The number of hydrogen-bond donors (Lipinski definition) is 1. The van der Waals surface area contributed by atoms with Crippen LogP contribution >= 0.6 is 11.3 Å². The lowest BCUT2D eigenvalue weighted by atomic mass is 10.2. The Balaban J connectivity index is 1.83. The van der Waals surface area contributed by atoms with Gasteiger partial charge in [0.25, 0.3) is 5.88 Å². The summed E-state index contributed by atoms with van der Waals surface area (Å²) in [5, 5.41) is 2.46. The maximum absolute atomic E-state index is 5.55. The Hall–Kier alpha value is -2.08. The maximum Gasteiger partial charge on any atom is 0.260 e. The van der Waals surface area contributed by atoms with E-state index >= 15 is 0 Å². The molecule has 0 saturated carbocycles. The summed E-state index contributed by atoms with van der Waals surface area (Å²) >= 11 is 1.41. The molecule has 0 amide bonds. The summed E-state index contributed by atoms with van der Waals surface area (Å²) in [5.41, 5.74) is 7.32. The van der Waals surface area contributed by atoms with Crippen LogP contribution in [0.15, 0.2) is 17.6 Å². The third kappa shape index (κ3) is 2.07. The monoisotopic (exact) mass is 247 g/mol. The summed E-state index contributed by atoms with van der Waals surface area (Å²) in [6.07, 6.45) is 5.51. The van der Waals surface area contributed by atoms with Crippen LogP contribution in [0, 0.1) is 0 Å². The highest BCUT2D eigenvalue weighted by molar-refractivity contribution is 7.13. The van der Waals surface area contributed by atoms with E-state index in [4.69, 9.17) is 15.2 Å². The molecule has 1 aliphatic rings. The normalized spacial score (nSPS) is 13.4. The van der Waals surface area contributed by atoms with Crippen molar-refractivity contribution in [3.8, 4) is 11.6 Å². The summed E-state index contributed by atoms with van der Waals surface area (Å²) in [4.78, 5) is 8.27. The zero-order chi connectivity index (χ0) is 11.7. The summed E-state index contributed by atoms with van der Waals surface area (Å²) < 4.78 is 10.4. The molecule has 0 aromatic carbocycles. The third-order valence-corrected chi connectivity index (χ3v) is 2.93. The number of anilines is 1. The topological polar surface area (TPSA) is 70.3 Å². The molecule has 0 unspecified atom stereocenters. The van der Waals surface area contributed by atoms with Crippen molar-refractivity contribution in [3.05, 3.63) is 28.9 Å². The van der Waals surface area contributed by atoms with Crippen LogP contribution < -0.4 is 15.2 Å². The lowest BCUT2D eigenvalue weighted by Crippen LogP contribution is -1.93. The van der Waals surface area contributed by atoms with Crippen LogP contribution in [0.5, 0.6) is 11.6 Å². The van der Waals surface area contributed by atoms with Crippen LogP contribution in [-0.2, 0) is 0 Å². The fourth-order valence-corrected chi connectivity index (χ4v) is 1.99. The van der Waals surface area contributed by atoms with Gasteiger partial charge in [0.05, 0.1) is 5.69 Å². The standard InChI is InChI=1S/C11H9N3O2S/c12-11-14-8(5-17-11)2-1-7-3-9-10(13-4-7)16-6-15-9/h1-5H,6H2,(H2,12,14). The fourth-order valence-electron chi connectivity index (χ4n) is 1.46. The molecule has 86 valence electrons. The molecule has 0 fully saturated rings. The Morgan fingerprint density at radius 3 is 3.12 bits per heavy atom. The molecule has 0 atom stereocenters. The van der Waals surface area contributed by atoms with Crippen molar-refractivity contribution in [3.63, 3.8) is 0 Å². The molecular weight excluding hydrogens is 238 g/mol. The van der Waals surface area contributed by atoms with E-state index in [0.717, 1.165) is 11.3 Å². The molecule has 2 aromatic rings. The molecular formula is C11H9N3O2S. The van der Waals surface area contributed by atoms with Gasteiger partial charge in [-0.15, -0.1) is 11.3 Å². The lowest BCUT2D eigenvalue weighted by Gasteiger charge is -1.95. The van der Waals surface area contributed by atoms with E-state index in [2.05, 4.69) is 9.97 Å². The molecule has 0 aliphatic carbocycles. The molecule has 3 rings (SSSR count). The minimum atomic E-state index is 0.234. The predicted molar refractivity (Wildman–Crippen MR) is 65.8 cm³/mol. The molecule has 3 heterocycles. The van der Waals surface area contributed by atoms with E-state index in [1.165, 1.54) is 11.3 Å². The summed E-state index contributed by atoms with van der Waals surface area (Å²) in [6, 6.07) is 1.88. The molecule has 0 saturated heterocycles. The minimum Gasteiger partial charge on any atom is -0.452 e. The molecule has 5 nitrogen and oxygen atoms in total. The number of nitrogens with zero attached hydrogens (tertiary/aromatic N) is 2. The molecule has 1 aliphatic heterocycles. The quantitative estimate of drug-likeness (QED) is 0.879. The number of ether oxygens (including phenoxy) is 2. The van der Waals surface area contributed by atoms with Crippen LogP contribution in [0.3, 0.4) is 0 Å². The number of rotatable bonds is 2. The van der Waals surface area contributed by atoms with Crippen molar-refractivity contribution < 1.29 is 9.47 Å². The van der Waals surface area contributed by atoms with Gasteiger partial charge in [-0.3, -0.25) is 0 Å². The largest absolute Gasteiger partial charge is 0.452 e. The van der Waals surface area contributed by atoms with E-state index in [1.807, 2.05) is 23.6 Å². The number of pyridine rings is 1. The molecule has 17 heavy (non-hydrogen) atoms. The maximum atomic E-state index is 5.55. The Morgan fingerprint density at radius 1 is 1.35 bits per heavy atom. The van der Waals surface area contributed by atoms with Gasteiger partial charge in [0.2, 0.25) is 6.79 Å². The van der Waals surface area contributed by atoms with Gasteiger partial charge in [0.1, 0.15) is 0 Å². The second-order valence-electron chi connectivity index (χ2n) is 3.42. The summed E-state index contributed by atoms with van der Waals surface area (Å²) in [7, 11) is 0. The average molecular weight is 247 g/mol. The van der Waals surface area contributed by atoms with E-state index in [-0.39, 0.29) is 6.79 Å². The highest BCUT2D eigenvalue weighted by atomic mass is 32.1. The van der Waals surface area contributed by atoms with E-state index in [9.17, 15) is 0 Å². The van der Waals surface area contributed by atoms with Crippen LogP contribution in [0.1, 0.15) is 11.3 Å². The first kappa shape index (κ1) is 10.1. The van der Waals surface area contributed by atoms with Crippen molar-refractivity contribution in [1.82, 2.24) is 9.97 Å². The first-order valence-corrected chi connectivity index (χ1v) is 5.84. The van der Waals surface area contributed by atoms with E-state index < -0.39 is 0 Å². The van der Waals surface area contributed by atoms with Crippen molar-refractivity contribution in [1.29, 1.82) is 0 Å². The number of hydrogen-bond acceptors (Lipinski definition) is 6. The Bertz CT molecular complexity index is 580. The first-order valence-electron chi connectivity index (χ1n) is 4.96. The third-order valence-electron chi connectivity index (χ3n) is 2.24. The second kappa shape index (κ2) is 4.06. The van der Waals surface area contributed by atoms with Crippen molar-refractivity contribution in [2.24, 2.45) is 0 Å². The van der Waals surface area contributed by atoms with Gasteiger partial charge in [-0.05, 0) is 17.7 Å². The van der Waals surface area contributed by atoms with Crippen LogP contribution in [0.4, 0.5) is 5.13 Å². The molecule has 6 heteroatoms. The van der Waals surface area contributed by atoms with Gasteiger partial charge in [-0.1, -0.05) is 6.08 Å². The minimum absolute atomic E-state index is 0.234. The SMILES string of the molecule is Nc1nc(C=Cc2cnc3c(c2)OCO3)cs1. The van der Waals surface area contributed by atoms with Crippen molar-refractivity contribution >= 4 is 28.6 Å². The van der Waals surface area contributed by atoms with Gasteiger partial charge >= 0.3 is 0 Å². The van der Waals surface area contributed by atoms with Gasteiger partial charge in [0.15, 0.2) is 10.9 Å². The predicted octanol–water partition coefficient (Wildman–Crippen LogP) is 2.02. The summed E-state index contributed by atoms with van der Waals surface area (Å²) in [6.45, 7) is 0.234. The highest BCUT2D eigenvalue weighted by Gasteiger charge is 2.13. The average Bonchev–Trinajstić information content (AvgIpc) is 2.94.